The molecular weight excluding hydrogens is 384 g/mol. The normalized spacial score (nSPS) is 20.8. The minimum absolute atomic E-state index is 0.0639. The molecule has 0 aromatic heterocycles. The predicted octanol–water partition coefficient (Wildman–Crippen LogP) is 3.70. The van der Waals surface area contributed by atoms with E-state index in [0.29, 0.717) is 5.92 Å². The lowest BCUT2D eigenvalue weighted by Gasteiger charge is -2.26. The van der Waals surface area contributed by atoms with Crippen LogP contribution in [0.5, 0.6) is 0 Å². The molecule has 1 atom stereocenters. The molecule has 6 heteroatoms. The van der Waals surface area contributed by atoms with Crippen molar-refractivity contribution in [2.45, 2.75) is 51.6 Å². The Bertz CT molecular complexity index is 903. The topological polar surface area (TPSA) is 75.3 Å². The van der Waals surface area contributed by atoms with Crippen molar-refractivity contribution in [2.24, 2.45) is 5.92 Å². The molecule has 1 unspecified atom stereocenters. The number of carbonyl (C=O) groups is 1. The van der Waals surface area contributed by atoms with Gasteiger partial charge < -0.3 is 5.32 Å². The second-order valence-electron chi connectivity index (χ2n) is 8.16. The number of hydrogen-bond donors (Lipinski definition) is 2. The van der Waals surface area contributed by atoms with Crippen molar-refractivity contribution in [3.05, 3.63) is 71.3 Å². The summed E-state index contributed by atoms with van der Waals surface area (Å²) in [4.78, 5) is 12.6. The summed E-state index contributed by atoms with van der Waals surface area (Å²) in [7, 11) is -3.68. The highest BCUT2D eigenvalue weighted by molar-refractivity contribution is 7.90. The standard InChI is InChI=1S/C23H30N2O3S/c1-17-8-12-20(13-9-17)23(19-6-4-3-5-7-19)24-22(26)16-29(27,28)25-21-14-10-18(2)11-15-21/h3-9,12-13,18,21,23,25H,10-11,14-16H2,1-2H3,(H,24,26). The van der Waals surface area contributed by atoms with Crippen molar-refractivity contribution < 1.29 is 13.2 Å². The third kappa shape index (κ3) is 6.41. The molecule has 1 saturated carbocycles. The summed E-state index contributed by atoms with van der Waals surface area (Å²) in [6.07, 6.45) is 3.70. The van der Waals surface area contributed by atoms with Crippen LogP contribution in [0.1, 0.15) is 55.3 Å². The highest BCUT2D eigenvalue weighted by atomic mass is 32.2. The molecule has 2 aromatic carbocycles. The number of rotatable bonds is 7. The molecule has 2 N–H and O–H groups in total. The summed E-state index contributed by atoms with van der Waals surface area (Å²) in [5.41, 5.74) is 2.96. The maximum Gasteiger partial charge on any atom is 0.237 e. The second-order valence-corrected chi connectivity index (χ2v) is 9.91. The van der Waals surface area contributed by atoms with E-state index in [9.17, 15) is 13.2 Å². The van der Waals surface area contributed by atoms with Gasteiger partial charge in [0.25, 0.3) is 0 Å². The van der Waals surface area contributed by atoms with E-state index in [4.69, 9.17) is 0 Å². The van der Waals surface area contributed by atoms with E-state index in [1.807, 2.05) is 61.5 Å². The molecule has 3 rings (SSSR count). The van der Waals surface area contributed by atoms with Crippen molar-refractivity contribution in [3.8, 4) is 0 Å². The summed E-state index contributed by atoms with van der Waals surface area (Å²) < 4.78 is 27.8. The monoisotopic (exact) mass is 414 g/mol. The van der Waals surface area contributed by atoms with E-state index in [1.54, 1.807) is 0 Å². The first kappa shape index (κ1) is 21.5. The minimum atomic E-state index is -3.68. The quantitative estimate of drug-likeness (QED) is 0.725. The van der Waals surface area contributed by atoms with Crippen molar-refractivity contribution in [2.75, 3.05) is 5.75 Å². The Labute approximate surface area is 174 Å². The van der Waals surface area contributed by atoms with Crippen molar-refractivity contribution in [3.63, 3.8) is 0 Å². The van der Waals surface area contributed by atoms with Crippen molar-refractivity contribution >= 4 is 15.9 Å². The SMILES string of the molecule is Cc1ccc(C(NC(=O)CS(=O)(=O)NC2CCC(C)CC2)c2ccccc2)cc1. The number of hydrogen-bond acceptors (Lipinski definition) is 3. The van der Waals surface area contributed by atoms with E-state index in [2.05, 4.69) is 17.0 Å². The molecule has 1 fully saturated rings. The molecule has 29 heavy (non-hydrogen) atoms. The van der Waals surface area contributed by atoms with E-state index in [1.165, 1.54) is 0 Å². The molecule has 2 aromatic rings. The number of amides is 1. The van der Waals surface area contributed by atoms with Gasteiger partial charge in [-0.3, -0.25) is 4.79 Å². The van der Waals surface area contributed by atoms with Gasteiger partial charge >= 0.3 is 0 Å². The molecule has 0 bridgehead atoms. The molecule has 0 radical (unpaired) electrons. The summed E-state index contributed by atoms with van der Waals surface area (Å²) in [5.74, 6) is -0.426. The van der Waals surface area contributed by atoms with E-state index >= 15 is 0 Å². The van der Waals surface area contributed by atoms with Crippen LogP contribution < -0.4 is 10.0 Å². The fourth-order valence-electron chi connectivity index (χ4n) is 3.81. The highest BCUT2D eigenvalue weighted by Crippen LogP contribution is 2.24. The van der Waals surface area contributed by atoms with Crippen molar-refractivity contribution in [1.82, 2.24) is 10.0 Å². The number of sulfonamides is 1. The Morgan fingerprint density at radius 2 is 1.55 bits per heavy atom. The molecular formula is C23H30N2O3S. The zero-order chi connectivity index (χ0) is 20.9. The van der Waals surface area contributed by atoms with Gasteiger partial charge in [-0.15, -0.1) is 0 Å². The molecule has 1 aliphatic carbocycles. The Morgan fingerprint density at radius 3 is 2.17 bits per heavy atom. The average molecular weight is 415 g/mol. The first-order valence-corrected chi connectivity index (χ1v) is 11.9. The van der Waals surface area contributed by atoms with Gasteiger partial charge in [-0.05, 0) is 49.7 Å². The van der Waals surface area contributed by atoms with Gasteiger partial charge in [-0.1, -0.05) is 67.1 Å². The lowest BCUT2D eigenvalue weighted by molar-refractivity contribution is -0.119. The lowest BCUT2D eigenvalue weighted by atomic mass is 9.88. The molecule has 0 aliphatic heterocycles. The van der Waals surface area contributed by atoms with Gasteiger partial charge in [0.1, 0.15) is 5.75 Å². The number of carbonyl (C=O) groups excluding carboxylic acids is 1. The Kier molecular flexibility index (Phi) is 7.09. The summed E-state index contributed by atoms with van der Waals surface area (Å²) in [5, 5.41) is 2.91. The molecule has 5 nitrogen and oxygen atoms in total. The van der Waals surface area contributed by atoms with Crippen LogP contribution in [-0.2, 0) is 14.8 Å². The minimum Gasteiger partial charge on any atom is -0.344 e. The van der Waals surface area contributed by atoms with Gasteiger partial charge in [-0.25, -0.2) is 13.1 Å². The number of nitrogens with one attached hydrogen (secondary N) is 2. The van der Waals surface area contributed by atoms with Crippen LogP contribution in [-0.4, -0.2) is 26.1 Å². The third-order valence-electron chi connectivity index (χ3n) is 5.53. The maximum absolute atomic E-state index is 12.6. The molecule has 156 valence electrons. The van der Waals surface area contributed by atoms with Gasteiger partial charge in [0.2, 0.25) is 15.9 Å². The van der Waals surface area contributed by atoms with Crippen LogP contribution in [0, 0.1) is 12.8 Å². The van der Waals surface area contributed by atoms with E-state index in [-0.39, 0.29) is 6.04 Å². The predicted molar refractivity (Wildman–Crippen MR) is 116 cm³/mol. The Balaban J connectivity index is 1.69. The fourth-order valence-corrected chi connectivity index (χ4v) is 5.07. The Hall–Kier alpha value is -2.18. The molecule has 0 spiro atoms. The van der Waals surface area contributed by atoms with Gasteiger partial charge in [0, 0.05) is 6.04 Å². The van der Waals surface area contributed by atoms with Crippen LogP contribution in [0.15, 0.2) is 54.6 Å². The zero-order valence-electron chi connectivity index (χ0n) is 17.1. The van der Waals surface area contributed by atoms with E-state index < -0.39 is 27.7 Å². The first-order valence-electron chi connectivity index (χ1n) is 10.2. The zero-order valence-corrected chi connectivity index (χ0v) is 17.9. The van der Waals surface area contributed by atoms with Crippen LogP contribution in [0.25, 0.3) is 0 Å². The summed E-state index contributed by atoms with van der Waals surface area (Å²) in [6, 6.07) is 17.0. The number of aryl methyl sites for hydroxylation is 1. The average Bonchev–Trinajstić information content (AvgIpc) is 2.69. The van der Waals surface area contributed by atoms with Gasteiger partial charge in [-0.2, -0.15) is 0 Å². The number of benzene rings is 2. The molecule has 0 heterocycles. The third-order valence-corrected chi connectivity index (χ3v) is 6.87. The van der Waals surface area contributed by atoms with Crippen LogP contribution in [0.3, 0.4) is 0 Å². The first-order chi connectivity index (χ1) is 13.8. The summed E-state index contributed by atoms with van der Waals surface area (Å²) >= 11 is 0. The summed E-state index contributed by atoms with van der Waals surface area (Å²) in [6.45, 7) is 4.19. The highest BCUT2D eigenvalue weighted by Gasteiger charge is 2.26. The van der Waals surface area contributed by atoms with Crippen molar-refractivity contribution in [1.29, 1.82) is 0 Å². The van der Waals surface area contributed by atoms with Crippen LogP contribution in [0.4, 0.5) is 0 Å². The molecule has 1 amide bonds. The maximum atomic E-state index is 12.6. The van der Waals surface area contributed by atoms with Crippen LogP contribution >= 0.6 is 0 Å². The van der Waals surface area contributed by atoms with Crippen LogP contribution in [0.2, 0.25) is 0 Å². The van der Waals surface area contributed by atoms with E-state index in [0.717, 1.165) is 42.4 Å². The lowest BCUT2D eigenvalue weighted by Crippen LogP contribution is -2.43. The molecule has 1 aliphatic rings. The Morgan fingerprint density at radius 1 is 0.966 bits per heavy atom. The fraction of sp³-hybridized carbons (Fsp3) is 0.435. The van der Waals surface area contributed by atoms with Gasteiger partial charge in [0.05, 0.1) is 6.04 Å². The largest absolute Gasteiger partial charge is 0.344 e. The molecule has 0 saturated heterocycles. The van der Waals surface area contributed by atoms with Gasteiger partial charge in [0.15, 0.2) is 0 Å². The smallest absolute Gasteiger partial charge is 0.237 e. The second kappa shape index (κ2) is 9.55.